The first-order valence-corrected chi connectivity index (χ1v) is 12.1. The lowest BCUT2D eigenvalue weighted by Gasteiger charge is -2.11. The normalized spacial score (nSPS) is 11.8. The first kappa shape index (κ1) is 22.7. The minimum Gasteiger partial charge on any atom is -0.502 e. The molecule has 0 bridgehead atoms. The van der Waals surface area contributed by atoms with Crippen molar-refractivity contribution in [2.75, 3.05) is 6.61 Å². The Hall–Kier alpha value is -4.72. The highest BCUT2D eigenvalue weighted by molar-refractivity contribution is 6.15. The third-order valence-electron chi connectivity index (χ3n) is 6.60. The summed E-state index contributed by atoms with van der Waals surface area (Å²) in [6.45, 7) is 4.48. The Bertz CT molecular complexity index is 1870. The molecular weight excluding hydrogens is 470 g/mol. The molecule has 3 heterocycles. The number of H-pyrrole nitrogens is 2. The number of hydrogen-bond acceptors (Lipinski definition) is 5. The number of aromatic amines is 2. The first-order chi connectivity index (χ1) is 17.9. The lowest BCUT2D eigenvalue weighted by molar-refractivity contribution is 0.322. The van der Waals surface area contributed by atoms with Gasteiger partial charge in [-0.15, -0.1) is 0 Å². The van der Waals surface area contributed by atoms with E-state index in [9.17, 15) is 14.7 Å². The average molecular weight is 496 g/mol. The summed E-state index contributed by atoms with van der Waals surface area (Å²) in [6, 6.07) is 20.5. The van der Waals surface area contributed by atoms with E-state index in [4.69, 9.17) is 9.15 Å². The highest BCUT2D eigenvalue weighted by atomic mass is 16.5. The fourth-order valence-electron chi connectivity index (χ4n) is 4.78. The monoisotopic (exact) mass is 495 g/mol. The molecule has 186 valence electrons. The predicted molar refractivity (Wildman–Crippen MR) is 144 cm³/mol. The number of nitrogens with one attached hydrogen (secondary N) is 2. The number of phenolic OH excluding ortho intramolecular Hbond substituents is 1. The van der Waals surface area contributed by atoms with Crippen LogP contribution in [0.4, 0.5) is 0 Å². The van der Waals surface area contributed by atoms with Gasteiger partial charge >= 0.3 is 0 Å². The number of aromatic nitrogens is 3. The molecule has 3 aromatic carbocycles. The van der Waals surface area contributed by atoms with E-state index in [0.29, 0.717) is 45.4 Å². The number of pyridine rings is 1. The van der Waals surface area contributed by atoms with E-state index in [1.165, 1.54) is 11.6 Å². The Kier molecular flexibility index (Phi) is 5.37. The molecule has 0 amide bonds. The second-order valence-corrected chi connectivity index (χ2v) is 9.33. The molecule has 6 rings (SSSR count). The van der Waals surface area contributed by atoms with Crippen LogP contribution in [0.2, 0.25) is 0 Å². The topological polar surface area (TPSA) is 113 Å². The molecule has 0 saturated heterocycles. The fraction of sp³-hybridized carbons (Fsp3) is 0.172. The molecule has 8 heteroatoms. The number of ether oxygens (including phenoxy) is 1. The number of nitrogens with zero attached hydrogens (tertiary/aromatic N) is 1. The van der Waals surface area contributed by atoms with E-state index in [0.717, 1.165) is 12.0 Å². The lowest BCUT2D eigenvalue weighted by Crippen LogP contribution is -2.07. The molecule has 0 aliphatic heterocycles. The number of rotatable bonds is 6. The zero-order valence-electron chi connectivity index (χ0n) is 20.4. The van der Waals surface area contributed by atoms with Crippen molar-refractivity contribution in [2.45, 2.75) is 26.3 Å². The molecular formula is C29H25N3O5. The van der Waals surface area contributed by atoms with Crippen LogP contribution in [-0.2, 0) is 6.42 Å². The van der Waals surface area contributed by atoms with Gasteiger partial charge in [-0.3, -0.25) is 19.4 Å². The standard InChI is InChI=1S/C29H25N3O5/c1-16(2)32-28-23(29(35)31-32)22(27-24(30-28)20-12-13-21(33)25(34)26(20)37-27)18-8-10-19(11-9-18)36-15-14-17-6-4-3-5-7-17/h3-13,16,30,34H,14-15H2,1-2H3,(H,31,35). The summed E-state index contributed by atoms with van der Waals surface area (Å²) in [7, 11) is 0. The zero-order valence-corrected chi connectivity index (χ0v) is 20.4. The number of benzene rings is 3. The molecule has 0 aliphatic carbocycles. The van der Waals surface area contributed by atoms with Crippen molar-refractivity contribution < 1.29 is 14.3 Å². The van der Waals surface area contributed by atoms with Crippen LogP contribution in [0, 0.1) is 0 Å². The minimum absolute atomic E-state index is 0.0213. The fourth-order valence-corrected chi connectivity index (χ4v) is 4.78. The van der Waals surface area contributed by atoms with Gasteiger partial charge in [-0.2, -0.15) is 0 Å². The van der Waals surface area contributed by atoms with Crippen molar-refractivity contribution in [3.8, 4) is 22.6 Å². The maximum absolute atomic E-state index is 13.2. The smallest absolute Gasteiger partial charge is 0.274 e. The van der Waals surface area contributed by atoms with Gasteiger partial charge in [0.25, 0.3) is 5.56 Å². The summed E-state index contributed by atoms with van der Waals surface area (Å²) in [5.41, 5.74) is 3.37. The Morgan fingerprint density at radius 2 is 1.73 bits per heavy atom. The summed E-state index contributed by atoms with van der Waals surface area (Å²) in [5, 5.41) is 14.3. The molecule has 0 saturated carbocycles. The van der Waals surface area contributed by atoms with Gasteiger partial charge in [-0.05, 0) is 49.2 Å². The number of hydrogen-bond donors (Lipinski definition) is 3. The highest BCUT2D eigenvalue weighted by Crippen LogP contribution is 2.40. The molecule has 0 spiro atoms. The van der Waals surface area contributed by atoms with E-state index in [1.54, 1.807) is 10.7 Å². The molecule has 0 atom stereocenters. The average Bonchev–Trinajstić information content (AvgIpc) is 3.44. The highest BCUT2D eigenvalue weighted by Gasteiger charge is 2.24. The van der Waals surface area contributed by atoms with E-state index >= 15 is 0 Å². The number of furan rings is 1. The van der Waals surface area contributed by atoms with Crippen molar-refractivity contribution in [3.05, 3.63) is 92.9 Å². The largest absolute Gasteiger partial charge is 0.502 e. The van der Waals surface area contributed by atoms with Crippen LogP contribution in [-0.4, -0.2) is 26.5 Å². The van der Waals surface area contributed by atoms with Crippen molar-refractivity contribution >= 4 is 33.1 Å². The van der Waals surface area contributed by atoms with E-state index < -0.39 is 11.2 Å². The summed E-state index contributed by atoms with van der Waals surface area (Å²) in [5.74, 6) is 0.252. The molecule has 0 unspecified atom stereocenters. The molecule has 3 N–H and O–H groups in total. The van der Waals surface area contributed by atoms with Gasteiger partial charge in [0.1, 0.15) is 11.4 Å². The van der Waals surface area contributed by atoms with Crippen LogP contribution < -0.4 is 15.7 Å². The number of fused-ring (bicyclic) bond motifs is 4. The van der Waals surface area contributed by atoms with Crippen molar-refractivity contribution in [2.24, 2.45) is 0 Å². The summed E-state index contributed by atoms with van der Waals surface area (Å²) in [4.78, 5) is 28.5. The molecule has 8 nitrogen and oxygen atoms in total. The van der Waals surface area contributed by atoms with Crippen molar-refractivity contribution in [3.63, 3.8) is 0 Å². The van der Waals surface area contributed by atoms with Gasteiger partial charge < -0.3 is 19.2 Å². The summed E-state index contributed by atoms with van der Waals surface area (Å²) < 4.78 is 13.8. The van der Waals surface area contributed by atoms with Crippen molar-refractivity contribution in [1.82, 2.24) is 14.8 Å². The molecule has 37 heavy (non-hydrogen) atoms. The van der Waals surface area contributed by atoms with Crippen LogP contribution >= 0.6 is 0 Å². The SMILES string of the molecule is CC(C)n1[nH]c(=O)c2c(-c3ccc(OCCc4ccccc4)cc3)c3oc4c(O)c(=O)ccc4c3[nH]c21. The van der Waals surface area contributed by atoms with E-state index in [2.05, 4.69) is 22.2 Å². The minimum atomic E-state index is -0.529. The maximum atomic E-state index is 13.2. The van der Waals surface area contributed by atoms with Crippen LogP contribution in [0.1, 0.15) is 25.5 Å². The third-order valence-corrected chi connectivity index (χ3v) is 6.60. The van der Waals surface area contributed by atoms with Crippen molar-refractivity contribution in [1.29, 1.82) is 0 Å². The van der Waals surface area contributed by atoms with Gasteiger partial charge in [0, 0.05) is 23.4 Å². The molecule has 6 aromatic rings. The zero-order chi connectivity index (χ0) is 25.7. The van der Waals surface area contributed by atoms with Crippen LogP contribution in [0.5, 0.6) is 11.5 Å². The van der Waals surface area contributed by atoms with E-state index in [-0.39, 0.29) is 17.2 Å². The lowest BCUT2D eigenvalue weighted by atomic mass is 10.0. The third kappa shape index (κ3) is 3.78. The Balaban J connectivity index is 1.49. The Morgan fingerprint density at radius 1 is 0.973 bits per heavy atom. The van der Waals surface area contributed by atoms with Gasteiger partial charge in [0.2, 0.25) is 11.2 Å². The maximum Gasteiger partial charge on any atom is 0.274 e. The van der Waals surface area contributed by atoms with Gasteiger partial charge in [-0.1, -0.05) is 42.5 Å². The Labute approximate surface area is 210 Å². The quantitative estimate of drug-likeness (QED) is 0.283. The number of phenols is 1. The second kappa shape index (κ2) is 8.74. The molecule has 0 aliphatic rings. The Morgan fingerprint density at radius 3 is 2.46 bits per heavy atom. The van der Waals surface area contributed by atoms with Crippen LogP contribution in [0.25, 0.3) is 44.2 Å². The number of aromatic hydroxyl groups is 1. The second-order valence-electron chi connectivity index (χ2n) is 9.33. The van der Waals surface area contributed by atoms with Gasteiger partial charge in [0.15, 0.2) is 11.2 Å². The summed E-state index contributed by atoms with van der Waals surface area (Å²) >= 11 is 0. The summed E-state index contributed by atoms with van der Waals surface area (Å²) in [6.07, 6.45) is 0.792. The van der Waals surface area contributed by atoms with Gasteiger partial charge in [-0.25, -0.2) is 0 Å². The molecule has 0 fully saturated rings. The van der Waals surface area contributed by atoms with Gasteiger partial charge in [0.05, 0.1) is 17.5 Å². The first-order valence-electron chi connectivity index (χ1n) is 12.1. The molecule has 0 radical (unpaired) electrons. The molecule has 3 aromatic heterocycles. The van der Waals surface area contributed by atoms with Crippen LogP contribution in [0.3, 0.4) is 0 Å². The van der Waals surface area contributed by atoms with Crippen LogP contribution in [0.15, 0.2) is 80.7 Å². The van der Waals surface area contributed by atoms with E-state index in [1.807, 2.05) is 56.3 Å². The predicted octanol–water partition coefficient (Wildman–Crippen LogP) is 5.49.